The van der Waals surface area contributed by atoms with E-state index in [0.717, 1.165) is 60.2 Å². The first-order chi connectivity index (χ1) is 20.5. The average molecular weight is 617 g/mol. The summed E-state index contributed by atoms with van der Waals surface area (Å²) in [6.07, 6.45) is 4.22. The second-order valence-electron chi connectivity index (χ2n) is 10.9. The van der Waals surface area contributed by atoms with Crippen molar-refractivity contribution in [3.63, 3.8) is 0 Å². The molecule has 1 amide bonds. The highest BCUT2D eigenvalue weighted by Crippen LogP contribution is 2.35. The number of rotatable bonds is 11. The Morgan fingerprint density at radius 1 is 1.00 bits per heavy atom. The number of allylic oxidation sites excluding steroid dienone is 2. The molecule has 0 spiro atoms. The maximum absolute atomic E-state index is 13.6. The number of hydrogen-bond donors (Lipinski definition) is 2. The van der Waals surface area contributed by atoms with Crippen molar-refractivity contribution in [1.29, 1.82) is 0 Å². The van der Waals surface area contributed by atoms with Crippen molar-refractivity contribution in [2.45, 2.75) is 61.7 Å². The third kappa shape index (κ3) is 8.23. The monoisotopic (exact) mass is 616 g/mol. The van der Waals surface area contributed by atoms with Gasteiger partial charge in [0.2, 0.25) is 15.9 Å². The number of amides is 1. The number of halogens is 4. The highest BCUT2D eigenvalue weighted by Gasteiger charge is 2.33. The Morgan fingerprint density at radius 2 is 1.77 bits per heavy atom. The van der Waals surface area contributed by atoms with Gasteiger partial charge in [0.15, 0.2) is 0 Å². The van der Waals surface area contributed by atoms with Gasteiger partial charge in [-0.2, -0.15) is 13.2 Å². The van der Waals surface area contributed by atoms with E-state index in [1.165, 1.54) is 25.0 Å². The summed E-state index contributed by atoms with van der Waals surface area (Å²) in [5.74, 6) is 0.436. The number of carbonyl (C=O) groups excluding carboxylic acids is 1. The standard InChI is InChI=1S/C32H32F4N2O4S/c33-25-13-11-23(12-14-25)29(38-43(40,41)26-7-3-6-24(19-26)32(34,35)36)20-31(39)37-28-16-17-42-30-18-22(10-15-27(28)30)5-2-1-4-21-8-9-21/h1-3,6-7,10-15,18-19,21,28-29,38H,4-5,8-9,16-17,20H2,(H,37,39)/b2-1-/t28-,29-/m1/s1. The number of ether oxygens (including phenoxy) is 1. The largest absolute Gasteiger partial charge is 0.493 e. The van der Waals surface area contributed by atoms with E-state index in [2.05, 4.69) is 22.2 Å². The Morgan fingerprint density at radius 3 is 2.49 bits per heavy atom. The predicted octanol–water partition coefficient (Wildman–Crippen LogP) is 6.79. The van der Waals surface area contributed by atoms with Crippen LogP contribution in [0.3, 0.4) is 0 Å². The maximum Gasteiger partial charge on any atom is 0.416 e. The molecule has 5 rings (SSSR count). The number of alkyl halides is 3. The second-order valence-corrected chi connectivity index (χ2v) is 12.7. The van der Waals surface area contributed by atoms with Gasteiger partial charge in [-0.25, -0.2) is 17.5 Å². The third-order valence-electron chi connectivity index (χ3n) is 7.57. The molecule has 0 aromatic heterocycles. The zero-order valence-corrected chi connectivity index (χ0v) is 24.1. The van der Waals surface area contributed by atoms with E-state index in [1.807, 2.05) is 18.2 Å². The Balaban J connectivity index is 1.30. The predicted molar refractivity (Wildman–Crippen MR) is 153 cm³/mol. The van der Waals surface area contributed by atoms with Crippen LogP contribution in [0.2, 0.25) is 0 Å². The minimum absolute atomic E-state index is 0.277. The molecule has 0 radical (unpaired) electrons. The zero-order valence-electron chi connectivity index (χ0n) is 23.2. The SMILES string of the molecule is O=C(C[C@@H](NS(=O)(=O)c1cccc(C(F)(F)F)c1)c1ccc(F)cc1)N[C@@H]1CCOc2cc(C/C=C\CC3CC3)ccc21. The van der Waals surface area contributed by atoms with Crippen LogP contribution in [0, 0.1) is 11.7 Å². The number of fused-ring (bicyclic) bond motifs is 1. The highest BCUT2D eigenvalue weighted by atomic mass is 32.2. The van der Waals surface area contributed by atoms with Gasteiger partial charge in [-0.1, -0.05) is 42.5 Å². The van der Waals surface area contributed by atoms with Crippen LogP contribution < -0.4 is 14.8 Å². The molecular formula is C32H32F4N2O4S. The van der Waals surface area contributed by atoms with Crippen molar-refractivity contribution < 1.29 is 35.5 Å². The van der Waals surface area contributed by atoms with Crippen LogP contribution in [0.1, 0.15) is 66.4 Å². The van der Waals surface area contributed by atoms with Gasteiger partial charge >= 0.3 is 6.18 Å². The number of hydrogen-bond acceptors (Lipinski definition) is 4. The molecule has 0 bridgehead atoms. The van der Waals surface area contributed by atoms with E-state index in [4.69, 9.17) is 4.74 Å². The summed E-state index contributed by atoms with van der Waals surface area (Å²) >= 11 is 0. The molecule has 11 heteroatoms. The smallest absolute Gasteiger partial charge is 0.416 e. The lowest BCUT2D eigenvalue weighted by atomic mass is 9.97. The Labute approximate surface area is 248 Å². The van der Waals surface area contributed by atoms with Gasteiger partial charge in [-0.15, -0.1) is 0 Å². The summed E-state index contributed by atoms with van der Waals surface area (Å²) in [5.41, 5.74) is 1.03. The summed E-state index contributed by atoms with van der Waals surface area (Å²) in [5, 5.41) is 2.94. The zero-order chi connectivity index (χ0) is 30.6. The Bertz CT molecular complexity index is 1590. The molecule has 2 aliphatic rings. The molecular weight excluding hydrogens is 584 g/mol. The van der Waals surface area contributed by atoms with Crippen LogP contribution in [0.4, 0.5) is 17.6 Å². The molecule has 43 heavy (non-hydrogen) atoms. The van der Waals surface area contributed by atoms with E-state index in [0.29, 0.717) is 24.8 Å². The molecule has 1 aliphatic heterocycles. The summed E-state index contributed by atoms with van der Waals surface area (Å²) in [4.78, 5) is 12.7. The summed E-state index contributed by atoms with van der Waals surface area (Å²) in [7, 11) is -4.49. The molecule has 228 valence electrons. The van der Waals surface area contributed by atoms with Crippen LogP contribution in [0.25, 0.3) is 0 Å². The molecule has 0 saturated heterocycles. The van der Waals surface area contributed by atoms with E-state index < -0.39 is 44.4 Å². The second kappa shape index (κ2) is 12.9. The first kappa shape index (κ1) is 30.7. The van der Waals surface area contributed by atoms with Crippen molar-refractivity contribution in [3.05, 3.63) is 107 Å². The molecule has 2 N–H and O–H groups in total. The summed E-state index contributed by atoms with van der Waals surface area (Å²) in [6, 6.07) is 12.5. The third-order valence-corrected chi connectivity index (χ3v) is 9.04. The maximum atomic E-state index is 13.6. The molecule has 1 heterocycles. The van der Waals surface area contributed by atoms with Gasteiger partial charge in [0.05, 0.1) is 29.1 Å². The molecule has 6 nitrogen and oxygen atoms in total. The Kier molecular flexibility index (Phi) is 9.22. The minimum Gasteiger partial charge on any atom is -0.493 e. The lowest BCUT2D eigenvalue weighted by molar-refractivity contribution is -0.137. The van der Waals surface area contributed by atoms with Gasteiger partial charge in [-0.05, 0) is 79.1 Å². The fraction of sp³-hybridized carbons (Fsp3) is 0.344. The van der Waals surface area contributed by atoms with Crippen molar-refractivity contribution in [2.24, 2.45) is 5.92 Å². The van der Waals surface area contributed by atoms with Gasteiger partial charge in [-0.3, -0.25) is 4.79 Å². The van der Waals surface area contributed by atoms with Gasteiger partial charge < -0.3 is 10.1 Å². The first-order valence-corrected chi connectivity index (χ1v) is 15.6. The van der Waals surface area contributed by atoms with E-state index >= 15 is 0 Å². The molecule has 3 aromatic rings. The van der Waals surface area contributed by atoms with Crippen LogP contribution in [0.15, 0.2) is 83.8 Å². The quantitative estimate of drug-likeness (QED) is 0.184. The van der Waals surface area contributed by atoms with Crippen molar-refractivity contribution >= 4 is 15.9 Å². The molecule has 1 saturated carbocycles. The normalized spacial score (nSPS) is 17.7. The first-order valence-electron chi connectivity index (χ1n) is 14.1. The van der Waals surface area contributed by atoms with Crippen LogP contribution in [-0.4, -0.2) is 20.9 Å². The number of benzene rings is 3. The fourth-order valence-corrected chi connectivity index (χ4v) is 6.30. The van der Waals surface area contributed by atoms with Gasteiger partial charge in [0, 0.05) is 18.4 Å². The lowest BCUT2D eigenvalue weighted by Crippen LogP contribution is -2.36. The van der Waals surface area contributed by atoms with Gasteiger partial charge in [0.1, 0.15) is 11.6 Å². The van der Waals surface area contributed by atoms with Crippen LogP contribution >= 0.6 is 0 Å². The summed E-state index contributed by atoms with van der Waals surface area (Å²) in [6.45, 7) is 0.377. The highest BCUT2D eigenvalue weighted by molar-refractivity contribution is 7.89. The fourth-order valence-electron chi connectivity index (χ4n) is 5.03. The molecule has 1 aliphatic carbocycles. The van der Waals surface area contributed by atoms with E-state index in [9.17, 15) is 30.8 Å². The van der Waals surface area contributed by atoms with Crippen LogP contribution in [-0.2, 0) is 27.4 Å². The summed E-state index contributed by atoms with van der Waals surface area (Å²) < 4.78 is 87.8. The molecule has 0 unspecified atom stereocenters. The molecule has 2 atom stereocenters. The average Bonchev–Trinajstić information content (AvgIpc) is 3.79. The van der Waals surface area contributed by atoms with Crippen molar-refractivity contribution in [3.8, 4) is 5.75 Å². The minimum atomic E-state index is -4.74. The number of nitrogens with one attached hydrogen (secondary N) is 2. The molecule has 1 fully saturated rings. The van der Waals surface area contributed by atoms with Crippen molar-refractivity contribution in [2.75, 3.05) is 6.61 Å². The lowest BCUT2D eigenvalue weighted by Gasteiger charge is -2.28. The number of sulfonamides is 1. The van der Waals surface area contributed by atoms with E-state index in [1.54, 1.807) is 0 Å². The van der Waals surface area contributed by atoms with Crippen LogP contribution in [0.5, 0.6) is 5.75 Å². The van der Waals surface area contributed by atoms with Crippen molar-refractivity contribution in [1.82, 2.24) is 10.0 Å². The Hall–Kier alpha value is -3.70. The topological polar surface area (TPSA) is 84.5 Å². The molecule has 3 aromatic carbocycles. The van der Waals surface area contributed by atoms with Gasteiger partial charge in [0.25, 0.3) is 0 Å². The van der Waals surface area contributed by atoms with E-state index in [-0.39, 0.29) is 18.0 Å². The number of carbonyl (C=O) groups is 1.